The van der Waals surface area contributed by atoms with E-state index in [4.69, 9.17) is 0 Å². The lowest BCUT2D eigenvalue weighted by Crippen LogP contribution is -2.39. The largest absolute Gasteiger partial charge is 0.335 e. The van der Waals surface area contributed by atoms with Gasteiger partial charge in [0.05, 0.1) is 12.2 Å². The molecule has 0 spiro atoms. The molecule has 2 aromatic carbocycles. The summed E-state index contributed by atoms with van der Waals surface area (Å²) < 4.78 is 30.3. The van der Waals surface area contributed by atoms with Gasteiger partial charge in [-0.1, -0.05) is 49.6 Å². The van der Waals surface area contributed by atoms with Crippen LogP contribution in [0.25, 0.3) is 28.2 Å². The molecule has 42 heavy (non-hydrogen) atoms. The predicted molar refractivity (Wildman–Crippen MR) is 164 cm³/mol. The number of fused-ring (bicyclic) bond motifs is 7. The molecule has 7 rings (SSSR count). The number of amides is 2. The Morgan fingerprint density at radius 2 is 1.60 bits per heavy atom. The lowest BCUT2D eigenvalue weighted by Gasteiger charge is -2.24. The molecule has 9 heteroatoms. The van der Waals surface area contributed by atoms with Gasteiger partial charge in [0.1, 0.15) is 0 Å². The molecule has 2 bridgehead atoms. The van der Waals surface area contributed by atoms with Gasteiger partial charge in [-0.15, -0.1) is 0 Å². The zero-order chi connectivity index (χ0) is 29.2. The van der Waals surface area contributed by atoms with Crippen LogP contribution < -0.4 is 4.72 Å². The van der Waals surface area contributed by atoms with Gasteiger partial charge in [-0.3, -0.25) is 9.59 Å². The molecule has 1 aromatic heterocycles. The van der Waals surface area contributed by atoms with Crippen molar-refractivity contribution in [2.24, 2.45) is 0 Å². The minimum absolute atomic E-state index is 0.120. The Labute approximate surface area is 247 Å². The van der Waals surface area contributed by atoms with Crippen molar-refractivity contribution in [3.63, 3.8) is 0 Å². The van der Waals surface area contributed by atoms with Gasteiger partial charge in [0.2, 0.25) is 0 Å². The third-order valence-electron chi connectivity index (χ3n) is 9.92. The van der Waals surface area contributed by atoms with E-state index >= 15 is 0 Å². The van der Waals surface area contributed by atoms with Crippen LogP contribution in [0, 0.1) is 0 Å². The highest BCUT2D eigenvalue weighted by atomic mass is 32.2. The lowest BCUT2D eigenvalue weighted by molar-refractivity contribution is -0.128. The molecule has 0 radical (unpaired) electrons. The summed E-state index contributed by atoms with van der Waals surface area (Å²) in [5, 5.41) is 1.08. The Hall–Kier alpha value is -3.43. The summed E-state index contributed by atoms with van der Waals surface area (Å²) in [5.74, 6) is -0.171. The van der Waals surface area contributed by atoms with Gasteiger partial charge in [0, 0.05) is 53.8 Å². The van der Waals surface area contributed by atoms with Gasteiger partial charge in [0.25, 0.3) is 11.8 Å². The third kappa shape index (κ3) is 4.48. The van der Waals surface area contributed by atoms with E-state index in [1.807, 2.05) is 12.1 Å². The van der Waals surface area contributed by atoms with Crippen molar-refractivity contribution in [3.05, 3.63) is 64.7 Å². The number of hydrogen-bond acceptors (Lipinski definition) is 4. The third-order valence-corrected chi connectivity index (χ3v) is 11.3. The van der Waals surface area contributed by atoms with Crippen molar-refractivity contribution < 1.29 is 18.0 Å². The quantitative estimate of drug-likeness (QED) is 0.431. The molecule has 0 unspecified atom stereocenters. The fourth-order valence-corrected chi connectivity index (χ4v) is 8.36. The second kappa shape index (κ2) is 10.4. The number of carbonyl (C=O) groups excluding carboxylic acids is 2. The monoisotopic (exact) mass is 586 g/mol. The van der Waals surface area contributed by atoms with Crippen molar-refractivity contribution in [1.29, 1.82) is 0 Å². The number of rotatable bonds is 5. The first-order valence-electron chi connectivity index (χ1n) is 15.3. The first-order chi connectivity index (χ1) is 20.2. The highest BCUT2D eigenvalue weighted by Gasteiger charge is 2.43. The summed E-state index contributed by atoms with van der Waals surface area (Å²) >= 11 is 0. The minimum atomic E-state index is -3.94. The molecule has 2 saturated heterocycles. The molecule has 4 aliphatic rings. The van der Waals surface area contributed by atoms with Crippen LogP contribution >= 0.6 is 0 Å². The molecule has 220 valence electrons. The fourth-order valence-electron chi connectivity index (χ4n) is 7.83. The molecule has 1 aliphatic carbocycles. The van der Waals surface area contributed by atoms with Gasteiger partial charge in [-0.2, -0.15) is 12.7 Å². The van der Waals surface area contributed by atoms with Gasteiger partial charge >= 0.3 is 10.2 Å². The SMILES string of the molecule is CN(C)S(=O)(=O)NC(=O)c1ccc2c(C3CCCCC3)c3n(c2c1)CC(C(=O)N1C2CCC1CC2)=Cc1ccccc1-3. The second-order valence-electron chi connectivity index (χ2n) is 12.6. The Balaban J connectivity index is 1.41. The van der Waals surface area contributed by atoms with Gasteiger partial charge < -0.3 is 9.47 Å². The highest BCUT2D eigenvalue weighted by molar-refractivity contribution is 7.87. The van der Waals surface area contributed by atoms with Crippen molar-refractivity contribution in [1.82, 2.24) is 18.5 Å². The number of nitrogens with zero attached hydrogens (tertiary/aromatic N) is 3. The molecular weight excluding hydrogens is 548 g/mol. The zero-order valence-electron chi connectivity index (χ0n) is 24.3. The fraction of sp³-hybridized carbons (Fsp3) is 0.455. The van der Waals surface area contributed by atoms with E-state index in [0.717, 1.165) is 76.1 Å². The smallest absolute Gasteiger partial charge is 0.303 e. The molecule has 3 aromatic rings. The first kappa shape index (κ1) is 27.4. The van der Waals surface area contributed by atoms with E-state index in [9.17, 15) is 18.0 Å². The number of nitrogens with one attached hydrogen (secondary N) is 1. The summed E-state index contributed by atoms with van der Waals surface area (Å²) in [7, 11) is -1.17. The van der Waals surface area contributed by atoms with Crippen molar-refractivity contribution >= 4 is 39.0 Å². The maximum Gasteiger partial charge on any atom is 0.303 e. The Kier molecular flexibility index (Phi) is 6.77. The van der Waals surface area contributed by atoms with Crippen LogP contribution in [0.2, 0.25) is 0 Å². The summed E-state index contributed by atoms with van der Waals surface area (Å²) in [6.45, 7) is 0.406. The molecule has 1 N–H and O–H groups in total. The van der Waals surface area contributed by atoms with Gasteiger partial charge in [-0.25, -0.2) is 4.72 Å². The first-order valence-corrected chi connectivity index (χ1v) is 16.7. The van der Waals surface area contributed by atoms with Crippen molar-refractivity contribution in [2.45, 2.75) is 82.3 Å². The molecule has 8 nitrogen and oxygen atoms in total. The number of aromatic nitrogens is 1. The summed E-state index contributed by atoms with van der Waals surface area (Å²) in [4.78, 5) is 29.5. The van der Waals surface area contributed by atoms with E-state index in [1.165, 1.54) is 38.9 Å². The van der Waals surface area contributed by atoms with E-state index in [-0.39, 0.29) is 11.5 Å². The van der Waals surface area contributed by atoms with E-state index in [0.29, 0.717) is 24.5 Å². The van der Waals surface area contributed by atoms with Crippen molar-refractivity contribution in [3.8, 4) is 11.3 Å². The second-order valence-corrected chi connectivity index (χ2v) is 14.5. The average Bonchev–Trinajstić information content (AvgIpc) is 3.64. The Bertz CT molecular complexity index is 1710. The van der Waals surface area contributed by atoms with E-state index in [1.54, 1.807) is 12.1 Å². The maximum atomic E-state index is 14.2. The Morgan fingerprint density at radius 3 is 2.29 bits per heavy atom. The molecular formula is C33H38N4O4S. The molecule has 2 amide bonds. The average molecular weight is 587 g/mol. The highest BCUT2D eigenvalue weighted by Crippen LogP contribution is 2.47. The number of carbonyl (C=O) groups is 2. The topological polar surface area (TPSA) is 91.7 Å². The number of benzene rings is 2. The van der Waals surface area contributed by atoms with Gasteiger partial charge in [0.15, 0.2) is 0 Å². The van der Waals surface area contributed by atoms with Crippen LogP contribution in [0.5, 0.6) is 0 Å². The van der Waals surface area contributed by atoms with Crippen LogP contribution in [0.1, 0.15) is 85.2 Å². The molecule has 0 atom stereocenters. The van der Waals surface area contributed by atoms with Crippen LogP contribution in [-0.2, 0) is 21.5 Å². The minimum Gasteiger partial charge on any atom is -0.335 e. The normalized spacial score (nSPS) is 22.2. The van der Waals surface area contributed by atoms with Crippen molar-refractivity contribution in [2.75, 3.05) is 14.1 Å². The maximum absolute atomic E-state index is 14.2. The summed E-state index contributed by atoms with van der Waals surface area (Å²) in [6, 6.07) is 14.5. The number of hydrogen-bond donors (Lipinski definition) is 1. The molecule has 3 fully saturated rings. The van der Waals surface area contributed by atoms with Crippen LogP contribution in [0.15, 0.2) is 48.0 Å². The van der Waals surface area contributed by atoms with Gasteiger partial charge in [-0.05, 0) is 73.8 Å². The summed E-state index contributed by atoms with van der Waals surface area (Å²) in [6.07, 6.45) is 12.2. The standard InChI is InChI=1S/C33H38N4O4S/c1-35(2)42(40,41)34-32(38)23-12-17-28-29(19-23)36-20-24(33(39)37-25-13-14-26(37)16-15-25)18-22-10-6-7-11-27(22)31(36)30(28)21-8-4-3-5-9-21/h6-7,10-12,17-19,21,25-26H,3-5,8-9,13-16,20H2,1-2H3,(H,34,38). The van der Waals surface area contributed by atoms with E-state index < -0.39 is 16.1 Å². The molecule has 1 saturated carbocycles. The van der Waals surface area contributed by atoms with E-state index in [2.05, 4.69) is 38.5 Å². The zero-order valence-corrected chi connectivity index (χ0v) is 25.1. The molecule has 3 aliphatic heterocycles. The van der Waals surface area contributed by atoms with Crippen LogP contribution in [-0.4, -0.2) is 60.2 Å². The van der Waals surface area contributed by atoms with Crippen LogP contribution in [0.4, 0.5) is 0 Å². The Morgan fingerprint density at radius 1 is 0.905 bits per heavy atom. The predicted octanol–water partition coefficient (Wildman–Crippen LogP) is 5.44. The van der Waals surface area contributed by atoms with Crippen LogP contribution in [0.3, 0.4) is 0 Å². The summed E-state index contributed by atoms with van der Waals surface area (Å²) in [5.41, 5.74) is 6.44. The molecule has 4 heterocycles. The lowest BCUT2D eigenvalue weighted by atomic mass is 9.81.